The van der Waals surface area contributed by atoms with E-state index >= 15 is 0 Å². The zero-order valence-electron chi connectivity index (χ0n) is 11.4. The summed E-state index contributed by atoms with van der Waals surface area (Å²) < 4.78 is 0. The number of aryl methyl sites for hydroxylation is 2. The lowest BCUT2D eigenvalue weighted by atomic mass is 10.0. The molecule has 4 heteroatoms. The van der Waals surface area contributed by atoms with Gasteiger partial charge in [-0.3, -0.25) is 4.79 Å². The molecule has 0 saturated heterocycles. The van der Waals surface area contributed by atoms with Crippen LogP contribution in [0, 0.1) is 0 Å². The molecule has 0 aliphatic heterocycles. The molecule has 2 aromatic rings. The van der Waals surface area contributed by atoms with Crippen molar-refractivity contribution in [1.29, 1.82) is 0 Å². The number of nitrogen functional groups attached to an aromatic ring is 1. The molecular formula is C15H19N3O. The van der Waals surface area contributed by atoms with Crippen molar-refractivity contribution in [2.45, 2.75) is 33.1 Å². The Morgan fingerprint density at radius 2 is 2.05 bits per heavy atom. The Labute approximate surface area is 112 Å². The molecule has 0 atom stereocenters. The van der Waals surface area contributed by atoms with E-state index in [1.165, 1.54) is 6.07 Å². The van der Waals surface area contributed by atoms with Crippen LogP contribution in [0.1, 0.15) is 31.7 Å². The van der Waals surface area contributed by atoms with Gasteiger partial charge in [0.15, 0.2) is 0 Å². The fraction of sp³-hybridized carbons (Fsp3) is 0.333. The molecule has 1 aromatic heterocycles. The van der Waals surface area contributed by atoms with Gasteiger partial charge in [-0.25, -0.2) is 4.98 Å². The van der Waals surface area contributed by atoms with Crippen LogP contribution in [0.4, 0.5) is 5.69 Å². The van der Waals surface area contributed by atoms with Crippen molar-refractivity contribution in [2.24, 2.45) is 0 Å². The summed E-state index contributed by atoms with van der Waals surface area (Å²) in [6, 6.07) is 7.36. The van der Waals surface area contributed by atoms with E-state index in [0.29, 0.717) is 5.69 Å². The molecular weight excluding hydrogens is 238 g/mol. The lowest BCUT2D eigenvalue weighted by Gasteiger charge is -2.07. The Morgan fingerprint density at radius 3 is 2.68 bits per heavy atom. The van der Waals surface area contributed by atoms with Gasteiger partial charge in [-0.2, -0.15) is 0 Å². The normalized spacial score (nSPS) is 10.6. The van der Waals surface area contributed by atoms with Crippen molar-refractivity contribution >= 4 is 5.69 Å². The highest BCUT2D eigenvalue weighted by Gasteiger charge is 2.06. The molecule has 0 aliphatic rings. The third kappa shape index (κ3) is 3.02. The molecule has 0 unspecified atom stereocenters. The molecule has 2 rings (SSSR count). The number of rotatable bonds is 4. The van der Waals surface area contributed by atoms with Crippen molar-refractivity contribution in [3.8, 4) is 11.3 Å². The average Bonchev–Trinajstić information content (AvgIpc) is 2.38. The minimum Gasteiger partial charge on any atom is -0.398 e. The van der Waals surface area contributed by atoms with Crippen molar-refractivity contribution in [3.63, 3.8) is 0 Å². The molecule has 100 valence electrons. The first-order valence-electron chi connectivity index (χ1n) is 6.63. The fourth-order valence-electron chi connectivity index (χ4n) is 2.09. The largest absolute Gasteiger partial charge is 0.398 e. The molecule has 0 amide bonds. The summed E-state index contributed by atoms with van der Waals surface area (Å²) >= 11 is 0. The summed E-state index contributed by atoms with van der Waals surface area (Å²) in [4.78, 5) is 18.9. The molecule has 0 aliphatic carbocycles. The van der Waals surface area contributed by atoms with Gasteiger partial charge in [0.2, 0.25) is 0 Å². The SMILES string of the molecule is CCCc1nc(-c2ccc(CC)c(N)c2)cc(=O)[nH]1. The number of anilines is 1. The van der Waals surface area contributed by atoms with Crippen LogP contribution in [0.25, 0.3) is 11.3 Å². The Morgan fingerprint density at radius 1 is 1.26 bits per heavy atom. The molecule has 0 bridgehead atoms. The first-order valence-corrected chi connectivity index (χ1v) is 6.63. The minimum atomic E-state index is -0.119. The van der Waals surface area contributed by atoms with Crippen LogP contribution in [-0.4, -0.2) is 9.97 Å². The van der Waals surface area contributed by atoms with Gasteiger partial charge in [0, 0.05) is 23.7 Å². The number of hydrogen-bond acceptors (Lipinski definition) is 3. The Balaban J connectivity index is 2.46. The second-order valence-electron chi connectivity index (χ2n) is 4.59. The maximum absolute atomic E-state index is 11.6. The van der Waals surface area contributed by atoms with E-state index in [-0.39, 0.29) is 5.56 Å². The van der Waals surface area contributed by atoms with E-state index in [9.17, 15) is 4.79 Å². The first kappa shape index (κ1) is 13.3. The third-order valence-electron chi connectivity index (χ3n) is 3.10. The topological polar surface area (TPSA) is 71.8 Å². The van der Waals surface area contributed by atoms with Crippen molar-refractivity contribution in [3.05, 3.63) is 46.0 Å². The number of hydrogen-bond donors (Lipinski definition) is 2. The number of nitrogens with two attached hydrogens (primary N) is 1. The molecule has 1 aromatic carbocycles. The van der Waals surface area contributed by atoms with Crippen LogP contribution >= 0.6 is 0 Å². The molecule has 3 N–H and O–H groups in total. The van der Waals surface area contributed by atoms with Gasteiger partial charge in [0.05, 0.1) is 5.69 Å². The summed E-state index contributed by atoms with van der Waals surface area (Å²) in [5.74, 6) is 0.725. The number of aromatic nitrogens is 2. The van der Waals surface area contributed by atoms with Crippen LogP contribution in [0.3, 0.4) is 0 Å². The Hall–Kier alpha value is -2.10. The number of aromatic amines is 1. The van der Waals surface area contributed by atoms with Crippen LogP contribution in [0.5, 0.6) is 0 Å². The standard InChI is InChI=1S/C15H19N3O/c1-3-5-14-17-13(9-15(19)18-14)11-7-6-10(4-2)12(16)8-11/h6-9H,3-5,16H2,1-2H3,(H,17,18,19). The lowest BCUT2D eigenvalue weighted by molar-refractivity contribution is 0.827. The van der Waals surface area contributed by atoms with Gasteiger partial charge >= 0.3 is 0 Å². The maximum Gasteiger partial charge on any atom is 0.251 e. The van der Waals surface area contributed by atoms with Gasteiger partial charge in [-0.05, 0) is 24.5 Å². The van der Waals surface area contributed by atoms with Crippen molar-refractivity contribution < 1.29 is 0 Å². The molecule has 0 saturated carbocycles. The molecule has 19 heavy (non-hydrogen) atoms. The Bertz CT molecular complexity index is 632. The maximum atomic E-state index is 11.6. The van der Waals surface area contributed by atoms with Gasteiger partial charge in [0.25, 0.3) is 5.56 Å². The van der Waals surface area contributed by atoms with Crippen LogP contribution in [0.2, 0.25) is 0 Å². The lowest BCUT2D eigenvalue weighted by Crippen LogP contribution is -2.11. The van der Waals surface area contributed by atoms with E-state index < -0.39 is 0 Å². The van der Waals surface area contributed by atoms with E-state index in [1.807, 2.05) is 18.2 Å². The smallest absolute Gasteiger partial charge is 0.251 e. The van der Waals surface area contributed by atoms with Crippen molar-refractivity contribution in [2.75, 3.05) is 5.73 Å². The summed E-state index contributed by atoms with van der Waals surface area (Å²) in [5, 5.41) is 0. The highest BCUT2D eigenvalue weighted by molar-refractivity contribution is 5.66. The second kappa shape index (κ2) is 5.69. The van der Waals surface area contributed by atoms with Crippen molar-refractivity contribution in [1.82, 2.24) is 9.97 Å². The third-order valence-corrected chi connectivity index (χ3v) is 3.10. The Kier molecular flexibility index (Phi) is 4.00. The summed E-state index contributed by atoms with van der Waals surface area (Å²) in [5.41, 5.74) is 9.30. The molecule has 1 heterocycles. The minimum absolute atomic E-state index is 0.119. The zero-order chi connectivity index (χ0) is 13.8. The number of nitrogens with one attached hydrogen (secondary N) is 1. The van der Waals surface area contributed by atoms with Gasteiger partial charge < -0.3 is 10.7 Å². The predicted molar refractivity (Wildman–Crippen MR) is 78.1 cm³/mol. The van der Waals surface area contributed by atoms with E-state index in [1.54, 1.807) is 0 Å². The first-order chi connectivity index (χ1) is 9.13. The summed E-state index contributed by atoms with van der Waals surface area (Å²) in [6.07, 6.45) is 2.62. The highest BCUT2D eigenvalue weighted by Crippen LogP contribution is 2.22. The van der Waals surface area contributed by atoms with Crippen LogP contribution < -0.4 is 11.3 Å². The van der Waals surface area contributed by atoms with Crippen LogP contribution in [0.15, 0.2) is 29.1 Å². The summed E-state index contributed by atoms with van der Waals surface area (Å²) in [7, 11) is 0. The van der Waals surface area contributed by atoms with Crippen LogP contribution in [-0.2, 0) is 12.8 Å². The van der Waals surface area contributed by atoms with Gasteiger partial charge in [0.1, 0.15) is 5.82 Å². The molecule has 0 radical (unpaired) electrons. The number of benzene rings is 1. The van der Waals surface area contributed by atoms with E-state index in [2.05, 4.69) is 23.8 Å². The van der Waals surface area contributed by atoms with E-state index in [0.717, 1.165) is 41.9 Å². The molecule has 0 fully saturated rings. The second-order valence-corrected chi connectivity index (χ2v) is 4.59. The number of nitrogens with zero attached hydrogens (tertiary/aromatic N) is 1. The molecule has 4 nitrogen and oxygen atoms in total. The average molecular weight is 257 g/mol. The number of H-pyrrole nitrogens is 1. The zero-order valence-corrected chi connectivity index (χ0v) is 11.4. The monoisotopic (exact) mass is 257 g/mol. The predicted octanol–water partition coefficient (Wildman–Crippen LogP) is 2.53. The van der Waals surface area contributed by atoms with Gasteiger partial charge in [-0.15, -0.1) is 0 Å². The van der Waals surface area contributed by atoms with Gasteiger partial charge in [-0.1, -0.05) is 26.0 Å². The highest BCUT2D eigenvalue weighted by atomic mass is 16.1. The van der Waals surface area contributed by atoms with E-state index in [4.69, 9.17) is 5.73 Å². The molecule has 0 spiro atoms. The summed E-state index contributed by atoms with van der Waals surface area (Å²) in [6.45, 7) is 4.12. The fourth-order valence-corrected chi connectivity index (χ4v) is 2.09. The quantitative estimate of drug-likeness (QED) is 0.827.